The van der Waals surface area contributed by atoms with Crippen molar-refractivity contribution in [2.24, 2.45) is 0 Å². The molecule has 6 heteroatoms. The van der Waals surface area contributed by atoms with Crippen LogP contribution in [0.15, 0.2) is 35.2 Å². The highest BCUT2D eigenvalue weighted by atomic mass is 35.5. The highest BCUT2D eigenvalue weighted by molar-refractivity contribution is 7.98. The Kier molecular flexibility index (Phi) is 5.18. The molecule has 0 N–H and O–H groups in total. The maximum absolute atomic E-state index is 6.09. The fourth-order valence-electron chi connectivity index (χ4n) is 2.35. The zero-order valence-corrected chi connectivity index (χ0v) is 14.0. The fraction of sp³-hybridized carbons (Fsp3) is 0.375. The average Bonchev–Trinajstić information content (AvgIpc) is 2.54. The van der Waals surface area contributed by atoms with Crippen LogP contribution in [0.25, 0.3) is 0 Å². The zero-order chi connectivity index (χ0) is 15.4. The number of hydrogen-bond acceptors (Lipinski definition) is 5. The molecule has 22 heavy (non-hydrogen) atoms. The van der Waals surface area contributed by atoms with Gasteiger partial charge in [0.25, 0.3) is 0 Å². The van der Waals surface area contributed by atoms with Gasteiger partial charge in [-0.1, -0.05) is 18.2 Å². The summed E-state index contributed by atoms with van der Waals surface area (Å²) in [5.41, 5.74) is 2.23. The van der Waals surface area contributed by atoms with Gasteiger partial charge in [-0.15, -0.1) is 11.8 Å². The topological polar surface area (TPSA) is 38.2 Å². The standard InChI is InChI=1S/C16H18ClN3OS/c1-12-4-2-3-5-14(12)22-11-13-10-15(19-16(17)18-13)20-6-8-21-9-7-20/h2-5,10H,6-9,11H2,1H3. The number of ether oxygens (including phenoxy) is 1. The predicted octanol–water partition coefficient (Wildman–Crippen LogP) is 3.57. The van der Waals surface area contributed by atoms with Gasteiger partial charge in [0.15, 0.2) is 0 Å². The molecule has 3 rings (SSSR count). The Balaban J connectivity index is 1.73. The minimum absolute atomic E-state index is 0.310. The maximum Gasteiger partial charge on any atom is 0.224 e. The third-order valence-electron chi connectivity index (χ3n) is 3.54. The lowest BCUT2D eigenvalue weighted by Gasteiger charge is -2.28. The minimum Gasteiger partial charge on any atom is -0.378 e. The molecule has 4 nitrogen and oxygen atoms in total. The molecule has 0 spiro atoms. The molecular weight excluding hydrogens is 318 g/mol. The van der Waals surface area contributed by atoms with Crippen molar-refractivity contribution < 1.29 is 4.74 Å². The highest BCUT2D eigenvalue weighted by Gasteiger charge is 2.14. The molecule has 0 bridgehead atoms. The first kappa shape index (κ1) is 15.6. The summed E-state index contributed by atoms with van der Waals surface area (Å²) in [6.45, 7) is 5.27. The Labute approximate surface area is 139 Å². The van der Waals surface area contributed by atoms with E-state index in [4.69, 9.17) is 16.3 Å². The predicted molar refractivity (Wildman–Crippen MR) is 90.8 cm³/mol. The number of benzene rings is 1. The van der Waals surface area contributed by atoms with E-state index in [9.17, 15) is 0 Å². The Morgan fingerprint density at radius 2 is 2.00 bits per heavy atom. The molecule has 1 saturated heterocycles. The molecule has 0 aliphatic carbocycles. The Morgan fingerprint density at radius 1 is 1.23 bits per heavy atom. The van der Waals surface area contributed by atoms with Gasteiger partial charge >= 0.3 is 0 Å². The number of morpholine rings is 1. The molecule has 1 aliphatic heterocycles. The van der Waals surface area contributed by atoms with Crippen molar-refractivity contribution in [3.63, 3.8) is 0 Å². The van der Waals surface area contributed by atoms with E-state index in [2.05, 4.69) is 46.1 Å². The van der Waals surface area contributed by atoms with Crippen molar-refractivity contribution in [3.05, 3.63) is 46.9 Å². The van der Waals surface area contributed by atoms with Gasteiger partial charge in [-0.25, -0.2) is 9.97 Å². The van der Waals surface area contributed by atoms with Gasteiger partial charge in [-0.2, -0.15) is 0 Å². The van der Waals surface area contributed by atoms with E-state index in [0.717, 1.165) is 43.6 Å². The van der Waals surface area contributed by atoms with Gasteiger partial charge in [-0.3, -0.25) is 0 Å². The third-order valence-corrected chi connectivity index (χ3v) is 4.92. The largest absolute Gasteiger partial charge is 0.378 e. The summed E-state index contributed by atoms with van der Waals surface area (Å²) >= 11 is 7.86. The molecule has 1 aromatic carbocycles. The number of thioether (sulfide) groups is 1. The number of aromatic nitrogens is 2. The van der Waals surface area contributed by atoms with Crippen LogP contribution < -0.4 is 4.90 Å². The average molecular weight is 336 g/mol. The number of anilines is 1. The van der Waals surface area contributed by atoms with Crippen molar-refractivity contribution in [1.29, 1.82) is 0 Å². The molecule has 2 heterocycles. The summed E-state index contributed by atoms with van der Waals surface area (Å²) in [5.74, 6) is 1.67. The SMILES string of the molecule is Cc1ccccc1SCc1cc(N2CCOCC2)nc(Cl)n1. The van der Waals surface area contributed by atoms with E-state index in [0.29, 0.717) is 5.28 Å². The Hall–Kier alpha value is -1.30. The first-order chi connectivity index (χ1) is 10.7. The molecule has 0 amide bonds. The van der Waals surface area contributed by atoms with Crippen LogP contribution in [0.4, 0.5) is 5.82 Å². The van der Waals surface area contributed by atoms with Crippen LogP contribution in [0.3, 0.4) is 0 Å². The van der Waals surface area contributed by atoms with E-state index >= 15 is 0 Å². The van der Waals surface area contributed by atoms with Gasteiger partial charge in [0.1, 0.15) is 5.82 Å². The first-order valence-corrected chi connectivity index (χ1v) is 8.63. The summed E-state index contributed by atoms with van der Waals surface area (Å²) in [7, 11) is 0. The van der Waals surface area contributed by atoms with Crippen LogP contribution in [-0.4, -0.2) is 36.3 Å². The molecule has 0 atom stereocenters. The van der Waals surface area contributed by atoms with Crippen LogP contribution >= 0.6 is 23.4 Å². The van der Waals surface area contributed by atoms with E-state index < -0.39 is 0 Å². The fourth-order valence-corrected chi connectivity index (χ4v) is 3.47. The monoisotopic (exact) mass is 335 g/mol. The lowest BCUT2D eigenvalue weighted by molar-refractivity contribution is 0.122. The van der Waals surface area contributed by atoms with Crippen LogP contribution in [0.5, 0.6) is 0 Å². The molecule has 0 saturated carbocycles. The smallest absolute Gasteiger partial charge is 0.224 e. The molecule has 2 aromatic rings. The van der Waals surface area contributed by atoms with E-state index in [1.807, 2.05) is 6.07 Å². The molecule has 1 aromatic heterocycles. The quantitative estimate of drug-likeness (QED) is 0.631. The summed E-state index contributed by atoms with van der Waals surface area (Å²) in [4.78, 5) is 12.2. The first-order valence-electron chi connectivity index (χ1n) is 7.27. The second-order valence-electron chi connectivity index (χ2n) is 5.14. The highest BCUT2D eigenvalue weighted by Crippen LogP contribution is 2.26. The van der Waals surface area contributed by atoms with Crippen LogP contribution in [0, 0.1) is 6.92 Å². The van der Waals surface area contributed by atoms with Gasteiger partial charge in [0.2, 0.25) is 5.28 Å². The van der Waals surface area contributed by atoms with Crippen LogP contribution in [-0.2, 0) is 10.5 Å². The summed E-state index contributed by atoms with van der Waals surface area (Å²) in [6, 6.07) is 10.4. The van der Waals surface area contributed by atoms with Crippen molar-refractivity contribution in [2.75, 3.05) is 31.2 Å². The Bertz CT molecular complexity index is 647. The van der Waals surface area contributed by atoms with E-state index in [1.54, 1.807) is 11.8 Å². The second-order valence-corrected chi connectivity index (χ2v) is 6.50. The Morgan fingerprint density at radius 3 is 2.77 bits per heavy atom. The molecule has 0 unspecified atom stereocenters. The number of rotatable bonds is 4. The van der Waals surface area contributed by atoms with Crippen LogP contribution in [0.1, 0.15) is 11.3 Å². The van der Waals surface area contributed by atoms with Crippen molar-refractivity contribution in [2.45, 2.75) is 17.6 Å². The lowest BCUT2D eigenvalue weighted by atomic mass is 10.2. The molecule has 116 valence electrons. The summed E-state index contributed by atoms with van der Waals surface area (Å²) < 4.78 is 5.38. The summed E-state index contributed by atoms with van der Waals surface area (Å²) in [6.07, 6.45) is 0. The van der Waals surface area contributed by atoms with Crippen molar-refractivity contribution in [1.82, 2.24) is 9.97 Å². The van der Waals surface area contributed by atoms with Gasteiger partial charge < -0.3 is 9.64 Å². The lowest BCUT2D eigenvalue weighted by Crippen LogP contribution is -2.36. The number of nitrogens with zero attached hydrogens (tertiary/aromatic N) is 3. The van der Waals surface area contributed by atoms with Crippen molar-refractivity contribution in [3.8, 4) is 0 Å². The maximum atomic E-state index is 6.09. The molecular formula is C16H18ClN3OS. The molecule has 0 radical (unpaired) electrons. The zero-order valence-electron chi connectivity index (χ0n) is 12.5. The normalized spacial score (nSPS) is 15.1. The summed E-state index contributed by atoms with van der Waals surface area (Å²) in [5, 5.41) is 0.310. The minimum atomic E-state index is 0.310. The van der Waals surface area contributed by atoms with Gasteiger partial charge in [0, 0.05) is 29.8 Å². The molecule has 1 aliphatic rings. The van der Waals surface area contributed by atoms with Crippen molar-refractivity contribution >= 4 is 29.2 Å². The number of hydrogen-bond donors (Lipinski definition) is 0. The third kappa shape index (κ3) is 3.91. The van der Waals surface area contributed by atoms with E-state index in [-0.39, 0.29) is 0 Å². The second kappa shape index (κ2) is 7.31. The van der Waals surface area contributed by atoms with Gasteiger partial charge in [0.05, 0.1) is 18.9 Å². The molecule has 1 fully saturated rings. The number of aryl methyl sites for hydroxylation is 1. The number of halogens is 1. The van der Waals surface area contributed by atoms with Gasteiger partial charge in [-0.05, 0) is 30.2 Å². The van der Waals surface area contributed by atoms with E-state index in [1.165, 1.54) is 10.5 Å². The van der Waals surface area contributed by atoms with Crippen LogP contribution in [0.2, 0.25) is 5.28 Å².